The molecule has 0 aliphatic carbocycles. The highest BCUT2D eigenvalue weighted by Crippen LogP contribution is 2.28. The molecule has 1 aromatic rings. The van der Waals surface area contributed by atoms with Crippen molar-refractivity contribution in [2.45, 2.75) is 24.9 Å². The summed E-state index contributed by atoms with van der Waals surface area (Å²) in [5, 5.41) is 13.4. The fourth-order valence-corrected chi connectivity index (χ4v) is 4.85. The van der Waals surface area contributed by atoms with Crippen LogP contribution in [0.25, 0.3) is 5.70 Å². The van der Waals surface area contributed by atoms with Gasteiger partial charge in [0.05, 0.1) is 18.3 Å². The molecule has 3 aliphatic heterocycles. The highest BCUT2D eigenvalue weighted by molar-refractivity contribution is 5.70. The standard InChI is InChI=1S/C22H32N6O2/c23-19(18-3-1-2-4-21(18)30)13-20-22(24)25-14-17-15-27(9-10-28(17)20)16-5-7-26(8-6-16)11-12-29/h1-4,12-13,16-17,25,30H,5-11,14-15,23-24H2/b19-13-. The van der Waals surface area contributed by atoms with E-state index in [4.69, 9.17) is 11.5 Å². The van der Waals surface area contributed by atoms with Crippen LogP contribution in [0.15, 0.2) is 41.9 Å². The molecule has 1 aromatic carbocycles. The van der Waals surface area contributed by atoms with Crippen LogP contribution >= 0.6 is 0 Å². The lowest BCUT2D eigenvalue weighted by Crippen LogP contribution is -2.61. The number of rotatable bonds is 5. The molecule has 8 nitrogen and oxygen atoms in total. The molecule has 2 fully saturated rings. The topological polar surface area (TPSA) is 111 Å². The second-order valence-corrected chi connectivity index (χ2v) is 8.34. The zero-order valence-electron chi connectivity index (χ0n) is 17.3. The first-order valence-electron chi connectivity index (χ1n) is 10.7. The summed E-state index contributed by atoms with van der Waals surface area (Å²) in [6, 6.07) is 7.97. The molecule has 8 heteroatoms. The smallest absolute Gasteiger partial charge is 0.133 e. The van der Waals surface area contributed by atoms with Gasteiger partial charge in [-0.1, -0.05) is 12.1 Å². The van der Waals surface area contributed by atoms with Crippen molar-refractivity contribution in [1.29, 1.82) is 0 Å². The molecule has 3 heterocycles. The third-order valence-electron chi connectivity index (χ3n) is 6.54. The molecule has 6 N–H and O–H groups in total. The summed E-state index contributed by atoms with van der Waals surface area (Å²) >= 11 is 0. The van der Waals surface area contributed by atoms with Crippen LogP contribution in [-0.2, 0) is 4.79 Å². The van der Waals surface area contributed by atoms with E-state index in [1.807, 2.05) is 12.1 Å². The summed E-state index contributed by atoms with van der Waals surface area (Å²) in [4.78, 5) is 17.9. The number of allylic oxidation sites excluding steroid dienone is 1. The number of nitrogens with two attached hydrogens (primary N) is 2. The number of fused-ring (bicyclic) bond motifs is 1. The van der Waals surface area contributed by atoms with E-state index in [2.05, 4.69) is 20.0 Å². The van der Waals surface area contributed by atoms with Gasteiger partial charge in [-0.3, -0.25) is 9.80 Å². The van der Waals surface area contributed by atoms with Crippen molar-refractivity contribution in [2.24, 2.45) is 11.5 Å². The first-order valence-corrected chi connectivity index (χ1v) is 10.7. The quantitative estimate of drug-likeness (QED) is 0.503. The number of benzene rings is 1. The predicted octanol–water partition coefficient (Wildman–Crippen LogP) is 0.0723. The van der Waals surface area contributed by atoms with E-state index in [-0.39, 0.29) is 5.75 Å². The van der Waals surface area contributed by atoms with Gasteiger partial charge in [0.15, 0.2) is 0 Å². The highest BCUT2D eigenvalue weighted by Gasteiger charge is 2.35. The number of piperazine rings is 1. The zero-order valence-corrected chi connectivity index (χ0v) is 17.3. The minimum absolute atomic E-state index is 0.163. The predicted molar refractivity (Wildman–Crippen MR) is 117 cm³/mol. The Hall–Kier alpha value is -2.71. The van der Waals surface area contributed by atoms with Gasteiger partial charge in [0, 0.05) is 56.6 Å². The van der Waals surface area contributed by atoms with E-state index in [0.29, 0.717) is 35.7 Å². The van der Waals surface area contributed by atoms with Crippen LogP contribution in [-0.4, -0.2) is 84.0 Å². The van der Waals surface area contributed by atoms with Gasteiger partial charge in [0.2, 0.25) is 0 Å². The summed E-state index contributed by atoms with van der Waals surface area (Å²) in [6.07, 6.45) is 5.09. The number of para-hydroxylation sites is 1. The molecule has 3 aliphatic rings. The van der Waals surface area contributed by atoms with Gasteiger partial charge < -0.3 is 31.6 Å². The van der Waals surface area contributed by atoms with E-state index in [9.17, 15) is 9.90 Å². The Labute approximate surface area is 177 Å². The summed E-state index contributed by atoms with van der Waals surface area (Å²) in [7, 11) is 0. The van der Waals surface area contributed by atoms with Gasteiger partial charge in [-0.05, 0) is 31.1 Å². The normalized spacial score (nSPS) is 24.5. The molecular formula is C22H32N6O2. The number of aromatic hydroxyl groups is 1. The van der Waals surface area contributed by atoms with E-state index < -0.39 is 0 Å². The van der Waals surface area contributed by atoms with Gasteiger partial charge in [-0.25, -0.2) is 0 Å². The lowest BCUT2D eigenvalue weighted by molar-refractivity contribution is -0.109. The van der Waals surface area contributed by atoms with Crippen molar-refractivity contribution >= 4 is 12.0 Å². The number of phenols is 1. The van der Waals surface area contributed by atoms with Crippen molar-refractivity contribution in [2.75, 3.05) is 45.8 Å². The Morgan fingerprint density at radius 1 is 1.17 bits per heavy atom. The molecule has 0 aromatic heterocycles. The van der Waals surface area contributed by atoms with Gasteiger partial charge >= 0.3 is 0 Å². The molecular weight excluding hydrogens is 380 g/mol. The summed E-state index contributed by atoms with van der Waals surface area (Å²) in [5.74, 6) is 0.789. The van der Waals surface area contributed by atoms with Crippen molar-refractivity contribution in [3.05, 3.63) is 47.4 Å². The second-order valence-electron chi connectivity index (χ2n) is 8.34. The number of piperidine rings is 1. The fourth-order valence-electron chi connectivity index (χ4n) is 4.85. The van der Waals surface area contributed by atoms with Crippen LogP contribution < -0.4 is 16.8 Å². The minimum atomic E-state index is 0.163. The molecule has 0 radical (unpaired) electrons. The Morgan fingerprint density at radius 3 is 2.67 bits per heavy atom. The number of phenolic OH excluding ortho intramolecular Hbond substituents is 1. The lowest BCUT2D eigenvalue weighted by Gasteiger charge is -2.49. The van der Waals surface area contributed by atoms with Crippen molar-refractivity contribution in [3.63, 3.8) is 0 Å². The number of carbonyl (C=O) groups is 1. The summed E-state index contributed by atoms with van der Waals surface area (Å²) < 4.78 is 0. The molecule has 1 atom stereocenters. The molecule has 0 bridgehead atoms. The maximum atomic E-state index is 10.8. The number of hydrogen-bond donors (Lipinski definition) is 4. The van der Waals surface area contributed by atoms with Crippen LogP contribution in [0.4, 0.5) is 0 Å². The zero-order chi connectivity index (χ0) is 21.1. The Bertz CT molecular complexity index is 831. The molecule has 1 unspecified atom stereocenters. The number of nitrogens with one attached hydrogen (secondary N) is 1. The molecule has 0 saturated carbocycles. The summed E-state index contributed by atoms with van der Waals surface area (Å²) in [6.45, 7) is 6.18. The number of nitrogens with zero attached hydrogens (tertiary/aromatic N) is 3. The lowest BCUT2D eigenvalue weighted by atomic mass is 9.99. The van der Waals surface area contributed by atoms with Gasteiger partial charge in [0.25, 0.3) is 0 Å². The third kappa shape index (κ3) is 4.24. The average molecular weight is 413 g/mol. The van der Waals surface area contributed by atoms with Crippen molar-refractivity contribution in [1.82, 2.24) is 20.0 Å². The highest BCUT2D eigenvalue weighted by atomic mass is 16.3. The SMILES string of the molecule is NC1=C(/C=C(\N)c2ccccc2O)N2CCN(C3CCN(CC=O)CC3)CC2CN1. The average Bonchev–Trinajstić information content (AvgIpc) is 2.76. The van der Waals surface area contributed by atoms with E-state index in [0.717, 1.165) is 64.1 Å². The van der Waals surface area contributed by atoms with Crippen LogP contribution in [0, 0.1) is 0 Å². The van der Waals surface area contributed by atoms with Crippen LogP contribution in [0.3, 0.4) is 0 Å². The summed E-state index contributed by atoms with van der Waals surface area (Å²) in [5.41, 5.74) is 14.6. The van der Waals surface area contributed by atoms with E-state index in [1.54, 1.807) is 18.2 Å². The second kappa shape index (κ2) is 8.97. The monoisotopic (exact) mass is 412 g/mol. The fraction of sp³-hybridized carbons (Fsp3) is 0.500. The third-order valence-corrected chi connectivity index (χ3v) is 6.54. The molecule has 162 valence electrons. The number of hydrogen-bond acceptors (Lipinski definition) is 8. The Morgan fingerprint density at radius 2 is 1.93 bits per heavy atom. The Balaban J connectivity index is 1.44. The molecule has 0 amide bonds. The molecule has 30 heavy (non-hydrogen) atoms. The van der Waals surface area contributed by atoms with Gasteiger partial charge in [0.1, 0.15) is 17.9 Å². The largest absolute Gasteiger partial charge is 0.507 e. The molecule has 0 spiro atoms. The maximum Gasteiger partial charge on any atom is 0.133 e. The Kier molecular flexibility index (Phi) is 6.15. The molecule has 2 saturated heterocycles. The van der Waals surface area contributed by atoms with Gasteiger partial charge in [-0.15, -0.1) is 0 Å². The van der Waals surface area contributed by atoms with E-state index in [1.165, 1.54) is 0 Å². The first kappa shape index (κ1) is 20.6. The number of aldehydes is 1. The minimum Gasteiger partial charge on any atom is -0.507 e. The van der Waals surface area contributed by atoms with Crippen LogP contribution in [0.1, 0.15) is 18.4 Å². The van der Waals surface area contributed by atoms with E-state index >= 15 is 0 Å². The van der Waals surface area contributed by atoms with Crippen LogP contribution in [0.5, 0.6) is 5.75 Å². The van der Waals surface area contributed by atoms with Crippen LogP contribution in [0.2, 0.25) is 0 Å². The van der Waals surface area contributed by atoms with Crippen molar-refractivity contribution in [3.8, 4) is 5.75 Å². The number of carbonyl (C=O) groups excluding carboxylic acids is 1. The van der Waals surface area contributed by atoms with Gasteiger partial charge in [-0.2, -0.15) is 0 Å². The van der Waals surface area contributed by atoms with Crippen molar-refractivity contribution < 1.29 is 9.90 Å². The molecule has 4 rings (SSSR count). The maximum absolute atomic E-state index is 10.8. The first-order chi connectivity index (χ1) is 14.6. The number of likely N-dealkylation sites (tertiary alicyclic amines) is 1.